The first-order valence-electron chi connectivity index (χ1n) is 5.39. The summed E-state index contributed by atoms with van der Waals surface area (Å²) in [5.41, 5.74) is 0.0391. The van der Waals surface area contributed by atoms with Crippen LogP contribution >= 0.6 is 0 Å². The lowest BCUT2D eigenvalue weighted by Gasteiger charge is -2.40. The van der Waals surface area contributed by atoms with Gasteiger partial charge in [-0.1, -0.05) is 27.7 Å². The summed E-state index contributed by atoms with van der Waals surface area (Å²) >= 11 is 0. The van der Waals surface area contributed by atoms with Crippen LogP contribution < -0.4 is 0 Å². The van der Waals surface area contributed by atoms with Gasteiger partial charge in [-0.3, -0.25) is 0 Å². The summed E-state index contributed by atoms with van der Waals surface area (Å²) in [4.78, 5) is 0. The smallest absolute Gasteiger partial charge is 0.0745 e. The zero-order valence-electron chi connectivity index (χ0n) is 10.7. The largest absolute Gasteiger partial charge is 0.391 e. The highest BCUT2D eigenvalue weighted by molar-refractivity contribution is 4.84. The van der Waals surface area contributed by atoms with Gasteiger partial charge in [0.05, 0.1) is 18.3 Å². The molecule has 0 aromatic heterocycles. The predicted octanol–water partition coefficient (Wildman–Crippen LogP) is 2.84. The molecule has 2 atom stereocenters. The molecule has 0 aliphatic heterocycles. The maximum Gasteiger partial charge on any atom is 0.0745 e. The first kappa shape index (κ1) is 13.9. The lowest BCUT2D eigenvalue weighted by Crippen LogP contribution is -2.41. The SMILES string of the molecule is CC(O)COC(C)(C)C(C)C(C)(C)C. The van der Waals surface area contributed by atoms with E-state index in [1.54, 1.807) is 6.92 Å². The number of ether oxygens (including phenoxy) is 1. The van der Waals surface area contributed by atoms with E-state index in [2.05, 4.69) is 41.5 Å². The van der Waals surface area contributed by atoms with Gasteiger partial charge in [0.1, 0.15) is 0 Å². The van der Waals surface area contributed by atoms with Gasteiger partial charge >= 0.3 is 0 Å². The van der Waals surface area contributed by atoms with Gasteiger partial charge in [-0.2, -0.15) is 0 Å². The molecule has 0 aliphatic rings. The van der Waals surface area contributed by atoms with Crippen LogP contribution in [0.3, 0.4) is 0 Å². The van der Waals surface area contributed by atoms with Crippen LogP contribution in [0.1, 0.15) is 48.5 Å². The summed E-state index contributed by atoms with van der Waals surface area (Å²) in [6, 6.07) is 0. The highest BCUT2D eigenvalue weighted by Crippen LogP contribution is 2.36. The molecule has 0 aliphatic carbocycles. The highest BCUT2D eigenvalue weighted by Gasteiger charge is 2.35. The molecule has 14 heavy (non-hydrogen) atoms. The van der Waals surface area contributed by atoms with E-state index in [1.165, 1.54) is 0 Å². The third-order valence-electron chi connectivity index (χ3n) is 3.04. The lowest BCUT2D eigenvalue weighted by molar-refractivity contribution is -0.107. The molecule has 2 unspecified atom stereocenters. The van der Waals surface area contributed by atoms with Crippen molar-refractivity contribution in [3.8, 4) is 0 Å². The summed E-state index contributed by atoms with van der Waals surface area (Å²) < 4.78 is 5.73. The molecule has 0 radical (unpaired) electrons. The van der Waals surface area contributed by atoms with E-state index in [0.717, 1.165) is 0 Å². The average molecular weight is 202 g/mol. The van der Waals surface area contributed by atoms with Crippen molar-refractivity contribution in [1.29, 1.82) is 0 Å². The van der Waals surface area contributed by atoms with E-state index in [0.29, 0.717) is 12.5 Å². The van der Waals surface area contributed by atoms with Crippen LogP contribution in [0.15, 0.2) is 0 Å². The maximum absolute atomic E-state index is 9.18. The van der Waals surface area contributed by atoms with Crippen LogP contribution in [0.4, 0.5) is 0 Å². The molecule has 86 valence electrons. The van der Waals surface area contributed by atoms with Gasteiger partial charge in [-0.25, -0.2) is 0 Å². The van der Waals surface area contributed by atoms with Crippen molar-refractivity contribution < 1.29 is 9.84 Å². The molecular weight excluding hydrogens is 176 g/mol. The number of aliphatic hydroxyl groups excluding tert-OH is 1. The van der Waals surface area contributed by atoms with Gasteiger partial charge in [0.25, 0.3) is 0 Å². The van der Waals surface area contributed by atoms with Gasteiger partial charge in [0.15, 0.2) is 0 Å². The van der Waals surface area contributed by atoms with Crippen LogP contribution in [-0.4, -0.2) is 23.4 Å². The van der Waals surface area contributed by atoms with Crippen molar-refractivity contribution in [2.75, 3.05) is 6.61 Å². The van der Waals surface area contributed by atoms with E-state index in [1.807, 2.05) is 0 Å². The molecule has 0 saturated heterocycles. The average Bonchev–Trinajstić information content (AvgIpc) is 1.98. The molecule has 0 aromatic rings. The first-order valence-corrected chi connectivity index (χ1v) is 5.39. The Labute approximate surface area is 88.7 Å². The third-order valence-corrected chi connectivity index (χ3v) is 3.04. The fourth-order valence-electron chi connectivity index (χ4n) is 1.50. The van der Waals surface area contributed by atoms with E-state index < -0.39 is 0 Å². The monoisotopic (exact) mass is 202 g/mol. The second-order valence-electron chi connectivity index (χ2n) is 5.85. The zero-order valence-corrected chi connectivity index (χ0v) is 10.7. The molecule has 1 N–H and O–H groups in total. The fourth-order valence-corrected chi connectivity index (χ4v) is 1.50. The van der Waals surface area contributed by atoms with E-state index in [-0.39, 0.29) is 17.1 Å². The molecule has 0 amide bonds. The molecule has 0 spiro atoms. The molecule has 0 aromatic carbocycles. The zero-order chi connectivity index (χ0) is 11.6. The summed E-state index contributed by atoms with van der Waals surface area (Å²) in [5.74, 6) is 0.439. The standard InChI is InChI=1S/C12H26O2/c1-9(13)8-14-12(6,7)10(2)11(3,4)5/h9-10,13H,8H2,1-7H3. The number of hydrogen-bond donors (Lipinski definition) is 1. The van der Waals surface area contributed by atoms with Crippen molar-refractivity contribution in [3.63, 3.8) is 0 Å². The van der Waals surface area contributed by atoms with E-state index in [4.69, 9.17) is 4.74 Å². The molecule has 0 bridgehead atoms. The molecule has 2 heteroatoms. The Hall–Kier alpha value is -0.0800. The third kappa shape index (κ3) is 4.43. The van der Waals surface area contributed by atoms with Crippen LogP contribution in [-0.2, 0) is 4.74 Å². The van der Waals surface area contributed by atoms with Crippen molar-refractivity contribution in [2.45, 2.75) is 60.2 Å². The quantitative estimate of drug-likeness (QED) is 0.759. The minimum absolute atomic E-state index is 0.185. The van der Waals surface area contributed by atoms with Gasteiger partial charge in [0.2, 0.25) is 0 Å². The maximum atomic E-state index is 9.18. The Morgan fingerprint density at radius 2 is 1.50 bits per heavy atom. The van der Waals surface area contributed by atoms with Crippen LogP contribution in [0.5, 0.6) is 0 Å². The minimum atomic E-state index is -0.388. The lowest BCUT2D eigenvalue weighted by atomic mass is 9.73. The first-order chi connectivity index (χ1) is 6.07. The number of rotatable bonds is 4. The second-order valence-corrected chi connectivity index (χ2v) is 5.85. The van der Waals surface area contributed by atoms with Gasteiger partial charge < -0.3 is 9.84 Å². The normalized spacial score (nSPS) is 18.0. The Morgan fingerprint density at radius 1 is 1.07 bits per heavy atom. The van der Waals surface area contributed by atoms with Crippen molar-refractivity contribution in [2.24, 2.45) is 11.3 Å². The summed E-state index contributed by atoms with van der Waals surface area (Å²) in [5, 5.41) is 9.18. The predicted molar refractivity (Wildman–Crippen MR) is 60.3 cm³/mol. The summed E-state index contributed by atoms with van der Waals surface area (Å²) in [7, 11) is 0. The highest BCUT2D eigenvalue weighted by atomic mass is 16.5. The van der Waals surface area contributed by atoms with E-state index >= 15 is 0 Å². The van der Waals surface area contributed by atoms with Crippen LogP contribution in [0, 0.1) is 11.3 Å². The number of aliphatic hydroxyl groups is 1. The summed E-state index contributed by atoms with van der Waals surface area (Å²) in [6.07, 6.45) is -0.388. The van der Waals surface area contributed by atoms with Crippen molar-refractivity contribution in [3.05, 3.63) is 0 Å². The second kappa shape index (κ2) is 4.63. The Kier molecular flexibility index (Phi) is 4.60. The molecule has 0 saturated carbocycles. The Balaban J connectivity index is 4.31. The van der Waals surface area contributed by atoms with Crippen molar-refractivity contribution in [1.82, 2.24) is 0 Å². The fraction of sp³-hybridized carbons (Fsp3) is 1.00. The molecular formula is C12H26O2. The number of hydrogen-bond acceptors (Lipinski definition) is 2. The Bertz CT molecular complexity index is 166. The van der Waals surface area contributed by atoms with Crippen molar-refractivity contribution >= 4 is 0 Å². The van der Waals surface area contributed by atoms with Crippen LogP contribution in [0.2, 0.25) is 0 Å². The van der Waals surface area contributed by atoms with Gasteiger partial charge in [-0.15, -0.1) is 0 Å². The topological polar surface area (TPSA) is 29.5 Å². The summed E-state index contributed by atoms with van der Waals surface area (Å²) in [6.45, 7) is 15.2. The van der Waals surface area contributed by atoms with Gasteiger partial charge in [0, 0.05) is 0 Å². The molecule has 0 rings (SSSR count). The van der Waals surface area contributed by atoms with Gasteiger partial charge in [-0.05, 0) is 32.1 Å². The van der Waals surface area contributed by atoms with Crippen LogP contribution in [0.25, 0.3) is 0 Å². The molecule has 0 fully saturated rings. The Morgan fingerprint density at radius 3 is 1.79 bits per heavy atom. The van der Waals surface area contributed by atoms with E-state index in [9.17, 15) is 5.11 Å². The molecule has 0 heterocycles. The molecule has 2 nitrogen and oxygen atoms in total. The minimum Gasteiger partial charge on any atom is -0.391 e.